The van der Waals surface area contributed by atoms with E-state index in [0.717, 1.165) is 51.0 Å². The number of nitrogens with zero attached hydrogens (tertiary/aromatic N) is 1. The lowest BCUT2D eigenvalue weighted by molar-refractivity contribution is 0.0597. The van der Waals surface area contributed by atoms with Gasteiger partial charge in [0, 0.05) is 12.6 Å². The largest absolute Gasteiger partial charge is 0.496 e. The van der Waals surface area contributed by atoms with Gasteiger partial charge in [-0.05, 0) is 62.2 Å². The van der Waals surface area contributed by atoms with Gasteiger partial charge in [-0.2, -0.15) is 0 Å². The number of carbonyl (C=O) groups excluding carboxylic acids is 1. The molecule has 3 rings (SSSR count). The first-order valence-electron chi connectivity index (χ1n) is 9.94. The van der Waals surface area contributed by atoms with Gasteiger partial charge in [0.1, 0.15) is 11.3 Å². The van der Waals surface area contributed by atoms with Crippen LogP contribution in [0.4, 0.5) is 0 Å². The second-order valence-corrected chi connectivity index (χ2v) is 7.27. The van der Waals surface area contributed by atoms with E-state index in [9.17, 15) is 4.79 Å². The molecule has 1 fully saturated rings. The molecule has 0 atom stereocenters. The van der Waals surface area contributed by atoms with Crippen LogP contribution in [0.3, 0.4) is 0 Å². The average Bonchev–Trinajstić information content (AvgIpc) is 2.75. The van der Waals surface area contributed by atoms with Crippen molar-refractivity contribution in [3.05, 3.63) is 65.2 Å². The van der Waals surface area contributed by atoms with E-state index in [1.54, 1.807) is 13.2 Å². The maximum atomic E-state index is 11.8. The lowest BCUT2D eigenvalue weighted by Gasteiger charge is -2.32. The summed E-state index contributed by atoms with van der Waals surface area (Å²) in [5.41, 5.74) is 3.01. The fraction of sp³-hybridized carbons (Fsp3) is 0.435. The number of nitrogens with one attached hydrogen (secondary N) is 1. The summed E-state index contributed by atoms with van der Waals surface area (Å²) in [6, 6.07) is 16.9. The quantitative estimate of drug-likeness (QED) is 0.710. The second kappa shape index (κ2) is 10.2. The summed E-state index contributed by atoms with van der Waals surface area (Å²) in [5.74, 6) is 0.201. The van der Waals surface area contributed by atoms with E-state index in [0.29, 0.717) is 17.4 Å². The number of hydrogen-bond donors (Lipinski definition) is 1. The predicted molar refractivity (Wildman–Crippen MR) is 111 cm³/mol. The van der Waals surface area contributed by atoms with E-state index >= 15 is 0 Å². The Morgan fingerprint density at radius 2 is 1.82 bits per heavy atom. The van der Waals surface area contributed by atoms with E-state index in [-0.39, 0.29) is 5.97 Å². The lowest BCUT2D eigenvalue weighted by Crippen LogP contribution is -2.42. The number of carbonyl (C=O) groups is 1. The summed E-state index contributed by atoms with van der Waals surface area (Å²) in [4.78, 5) is 14.2. The number of benzene rings is 2. The Kier molecular flexibility index (Phi) is 7.46. The van der Waals surface area contributed by atoms with E-state index in [1.165, 1.54) is 12.7 Å². The molecule has 5 nitrogen and oxygen atoms in total. The first-order chi connectivity index (χ1) is 13.7. The van der Waals surface area contributed by atoms with E-state index in [1.807, 2.05) is 12.1 Å². The van der Waals surface area contributed by atoms with Gasteiger partial charge in [0.15, 0.2) is 0 Å². The van der Waals surface area contributed by atoms with E-state index in [4.69, 9.17) is 9.47 Å². The van der Waals surface area contributed by atoms with Crippen LogP contribution in [0.2, 0.25) is 0 Å². The van der Waals surface area contributed by atoms with Crippen LogP contribution in [-0.4, -0.2) is 50.8 Å². The molecule has 1 saturated heterocycles. The van der Waals surface area contributed by atoms with Gasteiger partial charge in [-0.15, -0.1) is 0 Å². The Hall–Kier alpha value is -2.37. The third-order valence-corrected chi connectivity index (χ3v) is 5.35. The fourth-order valence-corrected chi connectivity index (χ4v) is 3.73. The van der Waals surface area contributed by atoms with Crippen LogP contribution in [0, 0.1) is 0 Å². The maximum absolute atomic E-state index is 11.8. The summed E-state index contributed by atoms with van der Waals surface area (Å²) >= 11 is 0. The number of rotatable bonds is 8. The highest BCUT2D eigenvalue weighted by Gasteiger charge is 2.20. The van der Waals surface area contributed by atoms with Crippen molar-refractivity contribution in [1.82, 2.24) is 10.2 Å². The van der Waals surface area contributed by atoms with Gasteiger partial charge in [-0.3, -0.25) is 4.90 Å². The fourth-order valence-electron chi connectivity index (χ4n) is 3.73. The van der Waals surface area contributed by atoms with Crippen molar-refractivity contribution in [2.24, 2.45) is 0 Å². The molecule has 28 heavy (non-hydrogen) atoms. The molecule has 1 aliphatic heterocycles. The van der Waals surface area contributed by atoms with Crippen LogP contribution in [0.25, 0.3) is 0 Å². The molecule has 0 saturated carbocycles. The minimum Gasteiger partial charge on any atom is -0.496 e. The summed E-state index contributed by atoms with van der Waals surface area (Å²) in [6.07, 6.45) is 3.39. The zero-order valence-corrected chi connectivity index (χ0v) is 16.8. The predicted octanol–water partition coefficient (Wildman–Crippen LogP) is 3.28. The van der Waals surface area contributed by atoms with Gasteiger partial charge in [-0.1, -0.05) is 36.4 Å². The van der Waals surface area contributed by atoms with Crippen molar-refractivity contribution < 1.29 is 14.3 Å². The Morgan fingerprint density at radius 1 is 1.07 bits per heavy atom. The van der Waals surface area contributed by atoms with Gasteiger partial charge < -0.3 is 14.8 Å². The highest BCUT2D eigenvalue weighted by molar-refractivity contribution is 5.92. The molecule has 0 unspecified atom stereocenters. The van der Waals surface area contributed by atoms with Gasteiger partial charge >= 0.3 is 5.97 Å². The molecule has 150 valence electrons. The number of ether oxygens (including phenoxy) is 2. The molecule has 0 spiro atoms. The van der Waals surface area contributed by atoms with Gasteiger partial charge in [-0.25, -0.2) is 4.79 Å². The van der Waals surface area contributed by atoms with Gasteiger partial charge in [0.05, 0.1) is 14.2 Å². The average molecular weight is 383 g/mol. The Morgan fingerprint density at radius 3 is 2.50 bits per heavy atom. The topological polar surface area (TPSA) is 50.8 Å². The van der Waals surface area contributed by atoms with Crippen LogP contribution in [-0.2, 0) is 17.7 Å². The summed E-state index contributed by atoms with van der Waals surface area (Å²) in [6.45, 7) is 4.05. The number of methoxy groups -OCH3 is 2. The molecule has 1 N–H and O–H groups in total. The lowest BCUT2D eigenvalue weighted by atomic mass is 10.0. The molecule has 0 aliphatic carbocycles. The highest BCUT2D eigenvalue weighted by atomic mass is 16.5. The molecule has 0 bridgehead atoms. The van der Waals surface area contributed by atoms with Crippen LogP contribution >= 0.6 is 0 Å². The van der Waals surface area contributed by atoms with Crippen molar-refractivity contribution >= 4 is 5.97 Å². The molecule has 1 aliphatic rings. The van der Waals surface area contributed by atoms with Crippen molar-refractivity contribution in [2.75, 3.05) is 33.9 Å². The molecule has 0 aromatic heterocycles. The minimum absolute atomic E-state index is 0.370. The molecule has 2 aromatic carbocycles. The number of likely N-dealkylation sites (tertiary alicyclic amines) is 1. The van der Waals surface area contributed by atoms with Crippen LogP contribution < -0.4 is 10.1 Å². The van der Waals surface area contributed by atoms with Gasteiger partial charge in [0.25, 0.3) is 0 Å². The monoisotopic (exact) mass is 382 g/mol. The maximum Gasteiger partial charge on any atom is 0.341 e. The van der Waals surface area contributed by atoms with Crippen LogP contribution in [0.5, 0.6) is 5.75 Å². The normalized spacial score (nSPS) is 15.4. The third-order valence-electron chi connectivity index (χ3n) is 5.35. The first kappa shape index (κ1) is 20.4. The first-order valence-corrected chi connectivity index (χ1v) is 9.94. The van der Waals surface area contributed by atoms with E-state index in [2.05, 4.69) is 40.5 Å². The van der Waals surface area contributed by atoms with Crippen molar-refractivity contribution in [3.63, 3.8) is 0 Å². The Balaban J connectivity index is 1.44. The van der Waals surface area contributed by atoms with E-state index < -0.39 is 0 Å². The molecular weight excluding hydrogens is 352 g/mol. The standard InChI is InChI=1S/C23H30N2O3/c1-27-22-16-19(8-9-21(22)23(26)28-2)17-25-14-11-20(12-15-25)24-13-10-18-6-4-3-5-7-18/h3-9,16,20,24H,10-15,17H2,1-2H3. The second-order valence-electron chi connectivity index (χ2n) is 7.27. The number of esters is 1. The third kappa shape index (κ3) is 5.57. The van der Waals surface area contributed by atoms with Crippen molar-refractivity contribution in [2.45, 2.75) is 31.8 Å². The zero-order valence-electron chi connectivity index (χ0n) is 16.8. The molecule has 0 radical (unpaired) electrons. The highest BCUT2D eigenvalue weighted by Crippen LogP contribution is 2.23. The Bertz CT molecular complexity index is 756. The van der Waals surface area contributed by atoms with Crippen LogP contribution in [0.15, 0.2) is 48.5 Å². The number of hydrogen-bond acceptors (Lipinski definition) is 5. The summed E-state index contributed by atoms with van der Waals surface area (Å²) < 4.78 is 10.2. The van der Waals surface area contributed by atoms with Gasteiger partial charge in [0.2, 0.25) is 0 Å². The number of piperidine rings is 1. The SMILES string of the molecule is COC(=O)c1ccc(CN2CCC(NCCc3ccccc3)CC2)cc1OC. The van der Waals surface area contributed by atoms with Crippen LogP contribution in [0.1, 0.15) is 34.3 Å². The minimum atomic E-state index is -0.370. The molecule has 2 aromatic rings. The molecule has 0 amide bonds. The molecule has 1 heterocycles. The summed E-state index contributed by atoms with van der Waals surface area (Å²) in [5, 5.41) is 3.70. The van der Waals surface area contributed by atoms with Crippen molar-refractivity contribution in [3.8, 4) is 5.75 Å². The molecular formula is C23H30N2O3. The van der Waals surface area contributed by atoms with Crippen molar-refractivity contribution in [1.29, 1.82) is 0 Å². The zero-order chi connectivity index (χ0) is 19.8. The smallest absolute Gasteiger partial charge is 0.341 e. The summed E-state index contributed by atoms with van der Waals surface area (Å²) in [7, 11) is 2.96. The Labute approximate surface area is 167 Å². The molecule has 5 heteroatoms.